The molecule has 298 valence electrons. The monoisotopic (exact) mass is 821 g/mol. The number of para-hydroxylation sites is 1. The zero-order valence-electron chi connectivity index (χ0n) is 35.2. The molecule has 1 aliphatic carbocycles. The summed E-state index contributed by atoms with van der Waals surface area (Å²) in [6.45, 7) is 4.70. The van der Waals surface area contributed by atoms with Crippen molar-refractivity contribution in [3.63, 3.8) is 0 Å². The van der Waals surface area contributed by atoms with E-state index in [1.165, 1.54) is 97.7 Å². The number of rotatable bonds is 7. The lowest BCUT2D eigenvalue weighted by Crippen LogP contribution is -2.15. The van der Waals surface area contributed by atoms with Crippen LogP contribution in [0, 0.1) is 0 Å². The molecule has 12 rings (SSSR count). The maximum atomic E-state index is 2.46. The van der Waals surface area contributed by atoms with Gasteiger partial charge in [0.15, 0.2) is 0 Å². The third-order valence-electron chi connectivity index (χ3n) is 13.3. The number of hydrogen-bond donors (Lipinski definition) is 0. The lowest BCUT2D eigenvalue weighted by molar-refractivity contribution is 0.660. The summed E-state index contributed by atoms with van der Waals surface area (Å²) in [5.41, 5.74) is 18.4. The smallest absolute Gasteiger partial charge is 0.0540 e. The zero-order chi connectivity index (χ0) is 42.1. The van der Waals surface area contributed by atoms with Crippen LogP contribution >= 0.6 is 11.3 Å². The van der Waals surface area contributed by atoms with Crippen LogP contribution < -0.4 is 4.90 Å². The van der Waals surface area contributed by atoms with Crippen molar-refractivity contribution >= 4 is 59.3 Å². The van der Waals surface area contributed by atoms with Crippen molar-refractivity contribution in [3.8, 4) is 55.6 Å². The van der Waals surface area contributed by atoms with Crippen molar-refractivity contribution in [2.24, 2.45) is 0 Å². The fourth-order valence-corrected chi connectivity index (χ4v) is 11.6. The average Bonchev–Trinajstić information content (AvgIpc) is 3.83. The van der Waals surface area contributed by atoms with Crippen LogP contribution in [0.25, 0.3) is 86.6 Å². The van der Waals surface area contributed by atoms with Crippen LogP contribution in [0.3, 0.4) is 0 Å². The van der Waals surface area contributed by atoms with E-state index in [1.54, 1.807) is 0 Å². The van der Waals surface area contributed by atoms with Crippen LogP contribution in [0.5, 0.6) is 0 Å². The number of nitrogens with zero attached hydrogens (tertiary/aromatic N) is 1. The molecule has 2 heteroatoms. The van der Waals surface area contributed by atoms with Gasteiger partial charge in [0.05, 0.1) is 5.69 Å². The minimum atomic E-state index is -0.0767. The van der Waals surface area contributed by atoms with Crippen LogP contribution in [0.1, 0.15) is 25.0 Å². The molecular weight excluding hydrogens is 779 g/mol. The Morgan fingerprint density at radius 2 is 0.937 bits per heavy atom. The Morgan fingerprint density at radius 3 is 1.78 bits per heavy atom. The van der Waals surface area contributed by atoms with Crippen LogP contribution in [0.2, 0.25) is 0 Å². The highest BCUT2D eigenvalue weighted by atomic mass is 32.1. The summed E-state index contributed by atoms with van der Waals surface area (Å²) in [5, 5.41) is 5.14. The van der Waals surface area contributed by atoms with Gasteiger partial charge >= 0.3 is 0 Å². The van der Waals surface area contributed by atoms with E-state index in [0.29, 0.717) is 0 Å². The van der Waals surface area contributed by atoms with Crippen LogP contribution in [-0.2, 0) is 5.41 Å². The highest BCUT2D eigenvalue weighted by Crippen LogP contribution is 2.52. The van der Waals surface area contributed by atoms with E-state index in [1.807, 2.05) is 11.3 Å². The number of benzene rings is 10. The molecule has 0 aliphatic heterocycles. The molecule has 0 radical (unpaired) electrons. The Bertz CT molecular complexity index is 3550. The summed E-state index contributed by atoms with van der Waals surface area (Å²) in [6, 6.07) is 82.9. The molecule has 63 heavy (non-hydrogen) atoms. The van der Waals surface area contributed by atoms with Gasteiger partial charge in [0, 0.05) is 48.1 Å². The second-order valence-corrected chi connectivity index (χ2v) is 18.3. The maximum Gasteiger partial charge on any atom is 0.0540 e. The molecule has 0 bridgehead atoms. The molecule has 0 saturated carbocycles. The van der Waals surface area contributed by atoms with Crippen molar-refractivity contribution in [2.45, 2.75) is 19.3 Å². The summed E-state index contributed by atoms with van der Waals surface area (Å²) in [6.07, 6.45) is 0. The van der Waals surface area contributed by atoms with Crippen LogP contribution in [0.15, 0.2) is 224 Å². The molecule has 0 fully saturated rings. The summed E-state index contributed by atoms with van der Waals surface area (Å²) in [5.74, 6) is 0. The molecule has 0 saturated heterocycles. The molecule has 0 amide bonds. The van der Waals surface area contributed by atoms with Gasteiger partial charge in [-0.05, 0) is 103 Å². The van der Waals surface area contributed by atoms with Crippen molar-refractivity contribution in [3.05, 3.63) is 236 Å². The molecule has 0 spiro atoms. The van der Waals surface area contributed by atoms with Crippen LogP contribution in [-0.4, -0.2) is 0 Å². The van der Waals surface area contributed by atoms with Gasteiger partial charge in [-0.2, -0.15) is 0 Å². The molecule has 10 aromatic carbocycles. The Labute approximate surface area is 372 Å². The fraction of sp³-hybridized carbons (Fsp3) is 0.0492. The highest BCUT2D eigenvalue weighted by Gasteiger charge is 2.35. The van der Waals surface area contributed by atoms with E-state index in [2.05, 4.69) is 243 Å². The molecule has 1 aliphatic rings. The Morgan fingerprint density at radius 1 is 0.365 bits per heavy atom. The predicted molar refractivity (Wildman–Crippen MR) is 271 cm³/mol. The van der Waals surface area contributed by atoms with E-state index >= 15 is 0 Å². The van der Waals surface area contributed by atoms with E-state index in [9.17, 15) is 0 Å². The van der Waals surface area contributed by atoms with Gasteiger partial charge in [-0.3, -0.25) is 0 Å². The molecular formula is C61H43NS. The normalized spacial score (nSPS) is 12.7. The third-order valence-corrected chi connectivity index (χ3v) is 14.5. The third kappa shape index (κ3) is 6.05. The molecule has 1 heterocycles. The first-order valence-corrected chi connectivity index (χ1v) is 22.7. The maximum absolute atomic E-state index is 2.46. The number of fused-ring (bicyclic) bond motifs is 7. The fourth-order valence-electron chi connectivity index (χ4n) is 10.3. The largest absolute Gasteiger partial charge is 0.310 e. The summed E-state index contributed by atoms with van der Waals surface area (Å²) >= 11 is 1.89. The molecule has 0 unspecified atom stereocenters. The summed E-state index contributed by atoms with van der Waals surface area (Å²) in [7, 11) is 0. The van der Waals surface area contributed by atoms with Crippen molar-refractivity contribution in [2.75, 3.05) is 4.90 Å². The SMILES string of the molecule is CC1(C)c2ccccc2-c2cc(N(c3cccc(-c4ccccc4-c4cccc5cccc(-c6cccc7c6sc6ccccc67)c45)c3)c3ccccc3-c3ccccc3)ccc21. The first-order valence-electron chi connectivity index (χ1n) is 21.8. The van der Waals surface area contributed by atoms with Crippen molar-refractivity contribution < 1.29 is 0 Å². The van der Waals surface area contributed by atoms with Crippen LogP contribution in [0.4, 0.5) is 17.1 Å². The average molecular weight is 822 g/mol. The molecule has 0 N–H and O–H groups in total. The minimum absolute atomic E-state index is 0.0767. The predicted octanol–water partition coefficient (Wildman–Crippen LogP) is 17.7. The number of hydrogen-bond acceptors (Lipinski definition) is 2. The van der Waals surface area contributed by atoms with E-state index in [0.717, 1.165) is 17.1 Å². The number of thiophene rings is 1. The lowest BCUT2D eigenvalue weighted by Gasteiger charge is -2.29. The summed E-state index contributed by atoms with van der Waals surface area (Å²) in [4.78, 5) is 2.46. The molecule has 1 aromatic heterocycles. The topological polar surface area (TPSA) is 3.24 Å². The van der Waals surface area contributed by atoms with Gasteiger partial charge in [0.25, 0.3) is 0 Å². The molecule has 1 nitrogen and oxygen atoms in total. The standard InChI is InChI=1S/C61H43NS/c1-61(2)55-33-11-8-27-48(55)54-39-44(36-37-56(54)61)62(57-34-12-9-25-46(57)40-18-4-3-5-19-40)43-23-14-22-42(38-43)45-24-6-7-26-47(45)50-29-15-20-41-21-16-30-51(59(41)50)53-32-17-31-52-49-28-10-13-35-58(49)63-60(52)53/h3-39H,1-2H3. The quantitative estimate of drug-likeness (QED) is 0.155. The Balaban J connectivity index is 1.05. The van der Waals surface area contributed by atoms with E-state index in [-0.39, 0.29) is 5.41 Å². The van der Waals surface area contributed by atoms with Gasteiger partial charge in [0.1, 0.15) is 0 Å². The zero-order valence-corrected chi connectivity index (χ0v) is 36.0. The molecule has 11 aromatic rings. The van der Waals surface area contributed by atoms with Gasteiger partial charge in [0.2, 0.25) is 0 Å². The number of anilines is 3. The first-order chi connectivity index (χ1) is 31.0. The Hall–Kier alpha value is -7.52. The summed E-state index contributed by atoms with van der Waals surface area (Å²) < 4.78 is 2.65. The first kappa shape index (κ1) is 37.3. The van der Waals surface area contributed by atoms with Crippen molar-refractivity contribution in [1.29, 1.82) is 0 Å². The lowest BCUT2D eigenvalue weighted by atomic mass is 9.82. The van der Waals surface area contributed by atoms with Gasteiger partial charge < -0.3 is 4.90 Å². The van der Waals surface area contributed by atoms with E-state index < -0.39 is 0 Å². The van der Waals surface area contributed by atoms with E-state index in [4.69, 9.17) is 0 Å². The van der Waals surface area contributed by atoms with Gasteiger partial charge in [-0.1, -0.05) is 202 Å². The second-order valence-electron chi connectivity index (χ2n) is 17.2. The second kappa shape index (κ2) is 14.8. The Kier molecular flexibility index (Phi) is 8.77. The molecule has 0 atom stereocenters. The van der Waals surface area contributed by atoms with Crippen molar-refractivity contribution in [1.82, 2.24) is 0 Å². The highest BCUT2D eigenvalue weighted by molar-refractivity contribution is 7.26. The van der Waals surface area contributed by atoms with Gasteiger partial charge in [-0.25, -0.2) is 0 Å². The minimum Gasteiger partial charge on any atom is -0.310 e. The van der Waals surface area contributed by atoms with Gasteiger partial charge in [-0.15, -0.1) is 11.3 Å².